The molecule has 42 heavy (non-hydrogen) atoms. The molecule has 3 aromatic carbocycles. The van der Waals surface area contributed by atoms with Crippen LogP contribution in [0.15, 0.2) is 83.8 Å². The lowest BCUT2D eigenvalue weighted by molar-refractivity contribution is -0.149. The lowest BCUT2D eigenvalue weighted by atomic mass is 9.97. The highest BCUT2D eigenvalue weighted by Crippen LogP contribution is 2.30. The molecule has 0 spiro atoms. The van der Waals surface area contributed by atoms with Gasteiger partial charge in [0, 0.05) is 24.3 Å². The smallest absolute Gasteiger partial charge is 0.310 e. The minimum Gasteiger partial charge on any atom is -0.466 e. The molecule has 216 valence electrons. The molecule has 1 aromatic heterocycles. The van der Waals surface area contributed by atoms with Gasteiger partial charge in [-0.25, -0.2) is 8.78 Å². The summed E-state index contributed by atoms with van der Waals surface area (Å²) >= 11 is 0. The van der Waals surface area contributed by atoms with Crippen molar-refractivity contribution >= 4 is 23.3 Å². The molecule has 1 atom stereocenters. The number of nitrogens with zero attached hydrogens (tertiary/aromatic N) is 3. The maximum Gasteiger partial charge on any atom is 0.310 e. The van der Waals surface area contributed by atoms with Crippen LogP contribution in [0.1, 0.15) is 30.1 Å². The van der Waals surface area contributed by atoms with Gasteiger partial charge in [0.2, 0.25) is 0 Å². The summed E-state index contributed by atoms with van der Waals surface area (Å²) in [6.07, 6.45) is 2.65. The van der Waals surface area contributed by atoms with E-state index in [-0.39, 0.29) is 48.1 Å². The monoisotopic (exact) mass is 574 g/mol. The van der Waals surface area contributed by atoms with Crippen LogP contribution in [0.4, 0.5) is 20.2 Å². The Kier molecular flexibility index (Phi) is 8.56. The highest BCUT2D eigenvalue weighted by Gasteiger charge is 2.30. The molecule has 4 aromatic rings. The zero-order valence-electron chi connectivity index (χ0n) is 22.8. The van der Waals surface area contributed by atoms with E-state index in [1.807, 2.05) is 0 Å². The van der Waals surface area contributed by atoms with Gasteiger partial charge in [-0.05, 0) is 86.5 Å². The Bertz CT molecular complexity index is 1640. The van der Waals surface area contributed by atoms with Crippen molar-refractivity contribution in [3.63, 3.8) is 0 Å². The van der Waals surface area contributed by atoms with Crippen LogP contribution in [-0.2, 0) is 9.53 Å². The Morgan fingerprint density at radius 3 is 2.45 bits per heavy atom. The van der Waals surface area contributed by atoms with E-state index < -0.39 is 17.2 Å². The molecule has 2 heterocycles. The minimum atomic E-state index is -0.605. The van der Waals surface area contributed by atoms with Crippen molar-refractivity contribution < 1.29 is 27.8 Å². The van der Waals surface area contributed by atoms with Crippen molar-refractivity contribution in [1.82, 2.24) is 14.7 Å². The maximum absolute atomic E-state index is 13.6. The van der Waals surface area contributed by atoms with Crippen molar-refractivity contribution in [1.29, 1.82) is 0 Å². The second-order valence-corrected chi connectivity index (χ2v) is 9.68. The number of halogens is 2. The Morgan fingerprint density at radius 2 is 1.74 bits per heavy atom. The van der Waals surface area contributed by atoms with Crippen LogP contribution in [-0.4, -0.2) is 46.3 Å². The number of esters is 1. The molecule has 1 amide bonds. The molecule has 0 saturated carbocycles. The van der Waals surface area contributed by atoms with Gasteiger partial charge >= 0.3 is 5.97 Å². The van der Waals surface area contributed by atoms with E-state index in [1.54, 1.807) is 36.1 Å². The molecule has 1 N–H and O–H groups in total. The minimum absolute atomic E-state index is 0.0106. The maximum atomic E-state index is 13.6. The third-order valence-corrected chi connectivity index (χ3v) is 6.76. The normalized spacial score (nSPS) is 14.7. The van der Waals surface area contributed by atoms with Crippen molar-refractivity contribution in [2.45, 2.75) is 19.8 Å². The lowest BCUT2D eigenvalue weighted by Crippen LogP contribution is -2.42. The molecule has 11 heteroatoms. The predicted octanol–water partition coefficient (Wildman–Crippen LogP) is 5.46. The van der Waals surface area contributed by atoms with Crippen LogP contribution in [0, 0.1) is 17.6 Å². The fourth-order valence-electron chi connectivity index (χ4n) is 4.70. The van der Waals surface area contributed by atoms with Gasteiger partial charge in [0.05, 0.1) is 24.4 Å². The molecule has 1 aliphatic heterocycles. The average Bonchev–Trinajstić information content (AvgIpc) is 3.00. The van der Waals surface area contributed by atoms with Gasteiger partial charge < -0.3 is 19.7 Å². The first-order chi connectivity index (χ1) is 20.3. The van der Waals surface area contributed by atoms with Gasteiger partial charge in [0.25, 0.3) is 11.5 Å². The summed E-state index contributed by atoms with van der Waals surface area (Å²) in [5.41, 5.74) is 0.481. The number of ether oxygens (including phenoxy) is 2. The molecule has 0 bridgehead atoms. The number of rotatable bonds is 8. The number of hydrogen-bond donors (Lipinski definition) is 1. The third-order valence-electron chi connectivity index (χ3n) is 6.76. The molecule has 1 saturated heterocycles. The molecule has 9 nitrogen and oxygen atoms in total. The summed E-state index contributed by atoms with van der Waals surface area (Å²) in [5, 5.41) is 7.22. The van der Waals surface area contributed by atoms with E-state index in [0.29, 0.717) is 36.3 Å². The standard InChI is InChI=1S/C31H28F2N4O5/c1-2-41-31(40)21-6-4-16-36(19-21)29(38)20-5-3-7-24(17-20)35-28-27(42-26-14-10-23(33)11-15-26)18-34-37(30(28)39)25-12-8-22(32)9-13-25/h3,5,7-15,17-18,21,35H,2,4,6,16,19H2,1H3. The highest BCUT2D eigenvalue weighted by atomic mass is 19.1. The SMILES string of the molecule is CCOC(=O)C1CCCN(C(=O)c2cccc(Nc3c(Oc4ccc(F)cc4)cnn(-c4ccc(F)cc4)c3=O)c2)C1. The van der Waals surface area contributed by atoms with Crippen LogP contribution >= 0.6 is 0 Å². The van der Waals surface area contributed by atoms with Crippen LogP contribution in [0.3, 0.4) is 0 Å². The molecule has 0 radical (unpaired) electrons. The number of carbonyl (C=O) groups is 2. The molecule has 1 aliphatic rings. The van der Waals surface area contributed by atoms with E-state index in [4.69, 9.17) is 9.47 Å². The van der Waals surface area contributed by atoms with Gasteiger partial charge in [-0.2, -0.15) is 9.78 Å². The molecule has 1 unspecified atom stereocenters. The van der Waals surface area contributed by atoms with Crippen molar-refractivity contribution in [3.05, 3.63) is 107 Å². The topological polar surface area (TPSA) is 103 Å². The summed E-state index contributed by atoms with van der Waals surface area (Å²) in [4.78, 5) is 40.9. The first kappa shape index (κ1) is 28.5. The summed E-state index contributed by atoms with van der Waals surface area (Å²) in [6.45, 7) is 2.80. The van der Waals surface area contributed by atoms with Crippen molar-refractivity contribution in [3.8, 4) is 17.2 Å². The van der Waals surface area contributed by atoms with E-state index >= 15 is 0 Å². The number of amides is 1. The lowest BCUT2D eigenvalue weighted by Gasteiger charge is -2.31. The van der Waals surface area contributed by atoms with E-state index in [2.05, 4.69) is 10.4 Å². The Balaban J connectivity index is 1.45. The third kappa shape index (κ3) is 6.46. The van der Waals surface area contributed by atoms with Crippen molar-refractivity contribution in [2.24, 2.45) is 5.92 Å². The van der Waals surface area contributed by atoms with Gasteiger partial charge in [-0.3, -0.25) is 14.4 Å². The van der Waals surface area contributed by atoms with Crippen LogP contribution in [0.25, 0.3) is 5.69 Å². The molecular formula is C31H28F2N4O5. The van der Waals surface area contributed by atoms with Crippen LogP contribution in [0.2, 0.25) is 0 Å². The van der Waals surface area contributed by atoms with E-state index in [1.165, 1.54) is 54.7 Å². The summed E-state index contributed by atoms with van der Waals surface area (Å²) in [7, 11) is 0. The van der Waals surface area contributed by atoms with Gasteiger partial charge in [-0.15, -0.1) is 0 Å². The number of anilines is 2. The first-order valence-electron chi connectivity index (χ1n) is 13.5. The largest absolute Gasteiger partial charge is 0.466 e. The Labute approximate surface area is 240 Å². The predicted molar refractivity (Wildman–Crippen MR) is 151 cm³/mol. The average molecular weight is 575 g/mol. The fraction of sp³-hybridized carbons (Fsp3) is 0.226. The Hall–Kier alpha value is -5.06. The van der Waals surface area contributed by atoms with Gasteiger partial charge in [0.15, 0.2) is 11.4 Å². The zero-order chi connectivity index (χ0) is 29.6. The zero-order valence-corrected chi connectivity index (χ0v) is 22.8. The van der Waals surface area contributed by atoms with Crippen LogP contribution < -0.4 is 15.6 Å². The van der Waals surface area contributed by atoms with Gasteiger partial charge in [-0.1, -0.05) is 6.07 Å². The van der Waals surface area contributed by atoms with Crippen LogP contribution in [0.5, 0.6) is 11.5 Å². The number of piperidine rings is 1. The number of nitrogens with one attached hydrogen (secondary N) is 1. The summed E-state index contributed by atoms with van der Waals surface area (Å²) < 4.78 is 39.1. The second kappa shape index (κ2) is 12.6. The van der Waals surface area contributed by atoms with E-state index in [9.17, 15) is 23.2 Å². The highest BCUT2D eigenvalue weighted by molar-refractivity contribution is 5.95. The fourth-order valence-corrected chi connectivity index (χ4v) is 4.70. The number of hydrogen-bond acceptors (Lipinski definition) is 7. The summed E-state index contributed by atoms with van der Waals surface area (Å²) in [5.74, 6) is -1.54. The number of carbonyl (C=O) groups excluding carboxylic acids is 2. The Morgan fingerprint density at radius 1 is 1.02 bits per heavy atom. The van der Waals surface area contributed by atoms with E-state index in [0.717, 1.165) is 4.68 Å². The number of benzene rings is 3. The summed E-state index contributed by atoms with van der Waals surface area (Å²) in [6, 6.07) is 17.1. The molecule has 5 rings (SSSR count). The first-order valence-corrected chi connectivity index (χ1v) is 13.5. The quantitative estimate of drug-likeness (QED) is 0.279. The molecule has 0 aliphatic carbocycles. The van der Waals surface area contributed by atoms with Gasteiger partial charge in [0.1, 0.15) is 17.4 Å². The molecular weight excluding hydrogens is 546 g/mol. The van der Waals surface area contributed by atoms with Crippen molar-refractivity contribution in [2.75, 3.05) is 25.0 Å². The number of aromatic nitrogens is 2. The second-order valence-electron chi connectivity index (χ2n) is 9.68. The molecule has 1 fully saturated rings. The number of likely N-dealkylation sites (tertiary alicyclic amines) is 1.